The predicted octanol–water partition coefficient (Wildman–Crippen LogP) is -0.738. The maximum atomic E-state index is 11.5. The van der Waals surface area contributed by atoms with Crippen molar-refractivity contribution in [3.8, 4) is 0 Å². The molecule has 0 atom stereocenters. The van der Waals surface area contributed by atoms with Crippen molar-refractivity contribution in [1.82, 2.24) is 3.97 Å². The largest absolute Gasteiger partial charge is 0.302 e. The lowest BCUT2D eigenvalue weighted by Crippen LogP contribution is -2.43. The van der Waals surface area contributed by atoms with Crippen molar-refractivity contribution in [3.05, 3.63) is 17.7 Å². The number of imidazole rings is 1. The molecule has 1 aromatic rings. The molecule has 0 fully saturated rings. The SMILES string of the molecule is CCc1c(C)n(S(C)(=O)=O)c[n+]1S(C)(=O)=O. The average Bonchev–Trinajstić information content (AvgIpc) is 2.40. The van der Waals surface area contributed by atoms with Crippen molar-refractivity contribution in [2.75, 3.05) is 12.5 Å². The standard InChI is InChI=1S/C8H15N2O4S2/c1-5-8-7(2)9(15(3,11)12)6-10(8)16(4,13)14/h6H,5H2,1-4H3/q+1. The highest BCUT2D eigenvalue weighted by Crippen LogP contribution is 2.08. The van der Waals surface area contributed by atoms with Crippen molar-refractivity contribution in [3.63, 3.8) is 0 Å². The molecule has 0 bridgehead atoms. The van der Waals surface area contributed by atoms with Gasteiger partial charge in [-0.25, -0.2) is 0 Å². The zero-order chi connectivity index (χ0) is 12.7. The molecule has 0 saturated heterocycles. The fourth-order valence-corrected chi connectivity index (χ4v) is 3.43. The van der Waals surface area contributed by atoms with Gasteiger partial charge in [0.25, 0.3) is 6.33 Å². The lowest BCUT2D eigenvalue weighted by Gasteiger charge is -1.95. The van der Waals surface area contributed by atoms with Crippen molar-refractivity contribution in [2.45, 2.75) is 20.3 Å². The van der Waals surface area contributed by atoms with E-state index in [1.165, 1.54) is 0 Å². The van der Waals surface area contributed by atoms with Crippen molar-refractivity contribution >= 4 is 20.0 Å². The summed E-state index contributed by atoms with van der Waals surface area (Å²) in [5.41, 5.74) is 0.906. The van der Waals surface area contributed by atoms with Crippen LogP contribution in [0.5, 0.6) is 0 Å². The second-order valence-electron chi connectivity index (χ2n) is 3.62. The molecule has 16 heavy (non-hydrogen) atoms. The first-order chi connectivity index (χ1) is 7.09. The summed E-state index contributed by atoms with van der Waals surface area (Å²) in [6, 6.07) is 0. The molecule has 0 aliphatic carbocycles. The van der Waals surface area contributed by atoms with Gasteiger partial charge in [0.05, 0.1) is 12.5 Å². The Morgan fingerprint density at radius 1 is 1.25 bits per heavy atom. The summed E-state index contributed by atoms with van der Waals surface area (Å²) in [5.74, 6) is 0. The predicted molar refractivity (Wildman–Crippen MR) is 59.2 cm³/mol. The van der Waals surface area contributed by atoms with E-state index in [4.69, 9.17) is 0 Å². The quantitative estimate of drug-likeness (QED) is 0.676. The van der Waals surface area contributed by atoms with Crippen LogP contribution in [0.3, 0.4) is 0 Å². The molecule has 1 aromatic heterocycles. The molecular formula is C8H15N2O4S2+. The van der Waals surface area contributed by atoms with Gasteiger partial charge < -0.3 is 0 Å². The van der Waals surface area contributed by atoms with Crippen molar-refractivity contribution < 1.29 is 20.8 Å². The monoisotopic (exact) mass is 267 g/mol. The number of aromatic nitrogens is 2. The molecule has 0 aliphatic rings. The Hall–Kier alpha value is -0.890. The number of hydrogen-bond acceptors (Lipinski definition) is 4. The van der Waals surface area contributed by atoms with Crippen LogP contribution in [-0.4, -0.2) is 33.3 Å². The highest BCUT2D eigenvalue weighted by Gasteiger charge is 2.28. The Kier molecular flexibility index (Phi) is 3.17. The third-order valence-corrected chi connectivity index (χ3v) is 4.39. The van der Waals surface area contributed by atoms with Crippen LogP contribution in [0, 0.1) is 6.92 Å². The average molecular weight is 267 g/mol. The van der Waals surface area contributed by atoms with E-state index >= 15 is 0 Å². The first kappa shape index (κ1) is 13.2. The summed E-state index contributed by atoms with van der Waals surface area (Å²) in [6.45, 7) is 3.36. The maximum Gasteiger partial charge on any atom is 0.302 e. The van der Waals surface area contributed by atoms with E-state index in [0.717, 1.165) is 26.8 Å². The van der Waals surface area contributed by atoms with E-state index in [1.807, 2.05) is 0 Å². The van der Waals surface area contributed by atoms with Crippen LogP contribution in [0.25, 0.3) is 0 Å². The van der Waals surface area contributed by atoms with Crippen LogP contribution in [0.1, 0.15) is 18.3 Å². The van der Waals surface area contributed by atoms with Gasteiger partial charge in [0.2, 0.25) is 0 Å². The fourth-order valence-electron chi connectivity index (χ4n) is 1.57. The molecule has 0 amide bonds. The first-order valence-corrected chi connectivity index (χ1v) is 8.32. The third kappa shape index (κ3) is 2.27. The summed E-state index contributed by atoms with van der Waals surface area (Å²) in [7, 11) is -6.95. The smallest absolute Gasteiger partial charge is 0.184 e. The van der Waals surface area contributed by atoms with Gasteiger partial charge in [-0.15, -0.1) is 7.94 Å². The summed E-state index contributed by atoms with van der Waals surface area (Å²) < 4.78 is 47.7. The Morgan fingerprint density at radius 3 is 2.00 bits per heavy atom. The molecule has 0 aliphatic heterocycles. The molecule has 0 radical (unpaired) electrons. The van der Waals surface area contributed by atoms with Crippen LogP contribution < -0.4 is 3.97 Å². The second kappa shape index (κ2) is 3.85. The van der Waals surface area contributed by atoms with Crippen LogP contribution in [0.15, 0.2) is 6.33 Å². The molecule has 0 unspecified atom stereocenters. The van der Waals surface area contributed by atoms with Gasteiger partial charge in [0.15, 0.2) is 11.4 Å². The zero-order valence-electron chi connectivity index (χ0n) is 9.63. The molecule has 0 aromatic carbocycles. The van der Waals surface area contributed by atoms with Gasteiger partial charge in [-0.3, -0.25) is 0 Å². The normalized spacial score (nSPS) is 13.0. The van der Waals surface area contributed by atoms with E-state index in [-0.39, 0.29) is 0 Å². The van der Waals surface area contributed by atoms with E-state index in [0.29, 0.717) is 17.8 Å². The molecular weight excluding hydrogens is 252 g/mol. The fraction of sp³-hybridized carbons (Fsp3) is 0.625. The summed E-state index contributed by atoms with van der Waals surface area (Å²) in [5, 5.41) is 0. The molecule has 8 heteroatoms. The zero-order valence-corrected chi connectivity index (χ0v) is 11.3. The molecule has 92 valence electrons. The van der Waals surface area contributed by atoms with Crippen LogP contribution in [-0.2, 0) is 26.5 Å². The minimum absolute atomic E-state index is 0.426. The Morgan fingerprint density at radius 2 is 1.75 bits per heavy atom. The van der Waals surface area contributed by atoms with Crippen LogP contribution in [0.4, 0.5) is 0 Å². The first-order valence-electron chi connectivity index (χ1n) is 4.62. The van der Waals surface area contributed by atoms with E-state index in [1.54, 1.807) is 13.8 Å². The lowest BCUT2D eigenvalue weighted by molar-refractivity contribution is -0.518. The maximum absolute atomic E-state index is 11.5. The number of hydrogen-bond donors (Lipinski definition) is 0. The summed E-state index contributed by atoms with van der Waals surface area (Å²) >= 11 is 0. The molecule has 6 nitrogen and oxygen atoms in total. The lowest BCUT2D eigenvalue weighted by atomic mass is 10.3. The Bertz CT molecular complexity index is 611. The molecule has 0 N–H and O–H groups in total. The summed E-state index contributed by atoms with van der Waals surface area (Å²) in [4.78, 5) is 0. The van der Waals surface area contributed by atoms with Crippen LogP contribution in [0.2, 0.25) is 0 Å². The second-order valence-corrected chi connectivity index (χ2v) is 7.34. The van der Waals surface area contributed by atoms with Gasteiger partial charge in [-0.05, 0) is 0 Å². The third-order valence-electron chi connectivity index (χ3n) is 2.27. The minimum atomic E-state index is -3.48. The van der Waals surface area contributed by atoms with Gasteiger partial charge in [-0.1, -0.05) is 6.92 Å². The van der Waals surface area contributed by atoms with Gasteiger partial charge in [0, 0.05) is 13.3 Å². The number of rotatable bonds is 3. The Labute approximate surface area is 95.6 Å². The van der Waals surface area contributed by atoms with Crippen molar-refractivity contribution in [2.24, 2.45) is 0 Å². The highest BCUT2D eigenvalue weighted by molar-refractivity contribution is 7.89. The van der Waals surface area contributed by atoms with E-state index in [9.17, 15) is 16.8 Å². The molecule has 0 saturated carbocycles. The Balaban J connectivity index is 3.70. The van der Waals surface area contributed by atoms with Gasteiger partial charge in [0.1, 0.15) is 0 Å². The topological polar surface area (TPSA) is 77.1 Å². The van der Waals surface area contributed by atoms with Crippen molar-refractivity contribution in [1.29, 1.82) is 0 Å². The van der Waals surface area contributed by atoms with Gasteiger partial charge in [-0.2, -0.15) is 16.8 Å². The van der Waals surface area contributed by atoms with Crippen LogP contribution >= 0.6 is 0 Å². The highest BCUT2D eigenvalue weighted by atomic mass is 32.2. The van der Waals surface area contributed by atoms with Gasteiger partial charge >= 0.3 is 20.0 Å². The molecule has 0 spiro atoms. The number of nitrogens with zero attached hydrogens (tertiary/aromatic N) is 2. The minimum Gasteiger partial charge on any atom is -0.184 e. The summed E-state index contributed by atoms with van der Waals surface area (Å²) in [6.07, 6.45) is 3.62. The van der Waals surface area contributed by atoms with E-state index < -0.39 is 20.0 Å². The molecule has 1 heterocycles. The van der Waals surface area contributed by atoms with E-state index in [2.05, 4.69) is 0 Å². The molecule has 1 rings (SSSR count).